The lowest BCUT2D eigenvalue weighted by Crippen LogP contribution is -2.28. The van der Waals surface area contributed by atoms with Crippen LogP contribution in [-0.2, 0) is 13.1 Å². The second-order valence-corrected chi connectivity index (χ2v) is 7.72. The van der Waals surface area contributed by atoms with Crippen LogP contribution in [-0.4, -0.2) is 28.9 Å². The van der Waals surface area contributed by atoms with Crippen molar-refractivity contribution in [3.63, 3.8) is 0 Å². The third-order valence-electron chi connectivity index (χ3n) is 5.51. The Morgan fingerprint density at radius 3 is 3.00 bits per heavy atom. The summed E-state index contributed by atoms with van der Waals surface area (Å²) >= 11 is 6.27. The molecule has 1 atom stereocenters. The number of benzene rings is 2. The van der Waals surface area contributed by atoms with Crippen molar-refractivity contribution in [1.82, 2.24) is 15.2 Å². The lowest BCUT2D eigenvalue weighted by molar-refractivity contribution is 0.0751. The molecular formula is C21H20ClN3O2. The summed E-state index contributed by atoms with van der Waals surface area (Å²) in [7, 11) is 0. The fraction of sp³-hybridized carbons (Fsp3) is 0.333. The summed E-state index contributed by atoms with van der Waals surface area (Å²) in [5.74, 6) is 1.06. The smallest absolute Gasteiger partial charge is 0.254 e. The van der Waals surface area contributed by atoms with Gasteiger partial charge in [0.05, 0.1) is 0 Å². The minimum absolute atomic E-state index is 0.0125. The van der Waals surface area contributed by atoms with E-state index in [2.05, 4.69) is 10.3 Å². The first-order valence-electron chi connectivity index (χ1n) is 9.36. The van der Waals surface area contributed by atoms with E-state index in [1.807, 2.05) is 41.3 Å². The summed E-state index contributed by atoms with van der Waals surface area (Å²) in [6.07, 6.45) is 2.21. The van der Waals surface area contributed by atoms with Crippen LogP contribution in [0.5, 0.6) is 0 Å². The molecule has 27 heavy (non-hydrogen) atoms. The van der Waals surface area contributed by atoms with Gasteiger partial charge < -0.3 is 14.6 Å². The standard InChI is InChI=1S/C21H20ClN3O2/c22-17-5-1-3-15-11-25(12-16(15)17)21(26)13-6-7-18-19(9-13)27-20(24-18)14-4-2-8-23-10-14/h1,3,5-7,9,14,23H,2,4,8,10-12H2. The highest BCUT2D eigenvalue weighted by molar-refractivity contribution is 6.31. The van der Waals surface area contributed by atoms with Gasteiger partial charge in [-0.3, -0.25) is 4.79 Å². The van der Waals surface area contributed by atoms with Gasteiger partial charge in [0, 0.05) is 36.1 Å². The molecule has 0 saturated carbocycles. The van der Waals surface area contributed by atoms with Crippen LogP contribution in [0.4, 0.5) is 0 Å². The molecule has 0 spiro atoms. The van der Waals surface area contributed by atoms with E-state index in [0.717, 1.165) is 53.5 Å². The Kier molecular flexibility index (Phi) is 4.14. The van der Waals surface area contributed by atoms with E-state index in [1.165, 1.54) is 0 Å². The number of nitrogens with zero attached hydrogens (tertiary/aromatic N) is 2. The zero-order chi connectivity index (χ0) is 18.4. The molecule has 2 aliphatic rings. The van der Waals surface area contributed by atoms with Crippen molar-refractivity contribution >= 4 is 28.6 Å². The minimum atomic E-state index is -0.0125. The van der Waals surface area contributed by atoms with Gasteiger partial charge in [-0.1, -0.05) is 23.7 Å². The summed E-state index contributed by atoms with van der Waals surface area (Å²) in [6, 6.07) is 11.4. The molecule has 1 fully saturated rings. The van der Waals surface area contributed by atoms with E-state index in [9.17, 15) is 4.79 Å². The van der Waals surface area contributed by atoms with Crippen LogP contribution in [0.2, 0.25) is 5.02 Å². The number of piperidine rings is 1. The number of rotatable bonds is 2. The fourth-order valence-corrected chi connectivity index (χ4v) is 4.27. The van der Waals surface area contributed by atoms with E-state index in [1.54, 1.807) is 0 Å². The number of oxazole rings is 1. The summed E-state index contributed by atoms with van der Waals surface area (Å²) in [5.41, 5.74) is 4.26. The van der Waals surface area contributed by atoms with Gasteiger partial charge in [-0.2, -0.15) is 0 Å². The molecule has 1 N–H and O–H groups in total. The van der Waals surface area contributed by atoms with Gasteiger partial charge in [-0.05, 0) is 54.8 Å². The first kappa shape index (κ1) is 16.8. The van der Waals surface area contributed by atoms with Gasteiger partial charge in [0.1, 0.15) is 5.52 Å². The maximum Gasteiger partial charge on any atom is 0.254 e. The van der Waals surface area contributed by atoms with Gasteiger partial charge in [0.2, 0.25) is 0 Å². The van der Waals surface area contributed by atoms with Crippen LogP contribution in [0.15, 0.2) is 40.8 Å². The molecule has 0 bridgehead atoms. The van der Waals surface area contributed by atoms with E-state index in [0.29, 0.717) is 30.2 Å². The van der Waals surface area contributed by atoms with Gasteiger partial charge in [0.25, 0.3) is 5.91 Å². The maximum atomic E-state index is 13.0. The third-order valence-corrected chi connectivity index (χ3v) is 5.87. The molecule has 1 saturated heterocycles. The van der Waals surface area contributed by atoms with E-state index in [4.69, 9.17) is 16.0 Å². The first-order chi connectivity index (χ1) is 13.2. The minimum Gasteiger partial charge on any atom is -0.440 e. The SMILES string of the molecule is O=C(c1ccc2nc(C3CCCNC3)oc2c1)N1Cc2cccc(Cl)c2C1. The number of hydrogen-bond acceptors (Lipinski definition) is 4. The molecule has 6 heteroatoms. The summed E-state index contributed by atoms with van der Waals surface area (Å²) < 4.78 is 6.00. The fourth-order valence-electron chi connectivity index (χ4n) is 4.02. The van der Waals surface area contributed by atoms with Gasteiger partial charge >= 0.3 is 0 Å². The monoisotopic (exact) mass is 381 g/mol. The molecule has 1 aromatic heterocycles. The predicted octanol–water partition coefficient (Wildman–Crippen LogP) is 4.10. The molecule has 2 aliphatic heterocycles. The number of carbonyl (C=O) groups is 1. The number of fused-ring (bicyclic) bond motifs is 2. The maximum absolute atomic E-state index is 13.0. The second kappa shape index (κ2) is 6.66. The molecule has 3 heterocycles. The van der Waals surface area contributed by atoms with Crippen molar-refractivity contribution in [3.8, 4) is 0 Å². The average Bonchev–Trinajstić information content (AvgIpc) is 3.32. The molecule has 5 nitrogen and oxygen atoms in total. The Hall–Kier alpha value is -2.37. The normalized spacial score (nSPS) is 19.4. The summed E-state index contributed by atoms with van der Waals surface area (Å²) in [6.45, 7) is 3.08. The van der Waals surface area contributed by atoms with Crippen LogP contribution in [0, 0.1) is 0 Å². The Morgan fingerprint density at radius 1 is 1.26 bits per heavy atom. The zero-order valence-corrected chi connectivity index (χ0v) is 15.6. The third kappa shape index (κ3) is 3.01. The number of halogens is 1. The lowest BCUT2D eigenvalue weighted by Gasteiger charge is -2.19. The number of amides is 1. The molecule has 1 unspecified atom stereocenters. The number of aromatic nitrogens is 1. The first-order valence-corrected chi connectivity index (χ1v) is 9.73. The topological polar surface area (TPSA) is 58.4 Å². The van der Waals surface area contributed by atoms with Crippen molar-refractivity contribution in [3.05, 3.63) is 64.0 Å². The second-order valence-electron chi connectivity index (χ2n) is 7.32. The van der Waals surface area contributed by atoms with E-state index >= 15 is 0 Å². The molecule has 0 aliphatic carbocycles. The Bertz CT molecular complexity index is 1020. The highest BCUT2D eigenvalue weighted by atomic mass is 35.5. The zero-order valence-electron chi connectivity index (χ0n) is 14.9. The Labute approximate surface area is 162 Å². The van der Waals surface area contributed by atoms with E-state index in [-0.39, 0.29) is 5.91 Å². The van der Waals surface area contributed by atoms with Crippen LogP contribution in [0.25, 0.3) is 11.1 Å². The molecular weight excluding hydrogens is 362 g/mol. The molecule has 1 amide bonds. The van der Waals surface area contributed by atoms with E-state index < -0.39 is 0 Å². The molecule has 3 aromatic rings. The summed E-state index contributed by atoms with van der Waals surface area (Å²) in [4.78, 5) is 19.4. The lowest BCUT2D eigenvalue weighted by atomic mass is 10.00. The van der Waals surface area contributed by atoms with Crippen molar-refractivity contribution in [2.75, 3.05) is 13.1 Å². The van der Waals surface area contributed by atoms with Gasteiger partial charge in [0.15, 0.2) is 11.5 Å². The van der Waals surface area contributed by atoms with Crippen LogP contribution in [0.1, 0.15) is 46.1 Å². The van der Waals surface area contributed by atoms with Crippen LogP contribution in [0.3, 0.4) is 0 Å². The number of hydrogen-bond donors (Lipinski definition) is 1. The van der Waals surface area contributed by atoms with Gasteiger partial charge in [-0.25, -0.2) is 4.98 Å². The van der Waals surface area contributed by atoms with Crippen LogP contribution >= 0.6 is 11.6 Å². The largest absolute Gasteiger partial charge is 0.440 e. The Morgan fingerprint density at radius 2 is 2.19 bits per heavy atom. The molecule has 5 rings (SSSR count). The highest BCUT2D eigenvalue weighted by Gasteiger charge is 2.27. The molecule has 0 radical (unpaired) electrons. The Balaban J connectivity index is 1.40. The van der Waals surface area contributed by atoms with Crippen molar-refractivity contribution in [2.45, 2.75) is 31.8 Å². The van der Waals surface area contributed by atoms with Crippen molar-refractivity contribution < 1.29 is 9.21 Å². The summed E-state index contributed by atoms with van der Waals surface area (Å²) in [5, 5.41) is 4.11. The van der Waals surface area contributed by atoms with Gasteiger partial charge in [-0.15, -0.1) is 0 Å². The van der Waals surface area contributed by atoms with Crippen LogP contribution < -0.4 is 5.32 Å². The predicted molar refractivity (Wildman–Crippen MR) is 104 cm³/mol. The molecule has 2 aromatic carbocycles. The highest BCUT2D eigenvalue weighted by Crippen LogP contribution is 2.31. The number of carbonyl (C=O) groups excluding carboxylic acids is 1. The van der Waals surface area contributed by atoms with Crippen molar-refractivity contribution in [2.24, 2.45) is 0 Å². The average molecular weight is 382 g/mol. The molecule has 138 valence electrons. The quantitative estimate of drug-likeness (QED) is 0.726. The number of nitrogens with one attached hydrogen (secondary N) is 1. The van der Waals surface area contributed by atoms with Crippen molar-refractivity contribution in [1.29, 1.82) is 0 Å².